The fourth-order valence-electron chi connectivity index (χ4n) is 3.14. The second kappa shape index (κ2) is 10.8. The summed E-state index contributed by atoms with van der Waals surface area (Å²) in [4.78, 5) is 28.4. The summed E-state index contributed by atoms with van der Waals surface area (Å²) in [6.07, 6.45) is 0.991. The number of hydrogen-bond acceptors (Lipinski definition) is 6. The zero-order valence-electron chi connectivity index (χ0n) is 19.5. The van der Waals surface area contributed by atoms with E-state index in [1.807, 2.05) is 48.5 Å². The summed E-state index contributed by atoms with van der Waals surface area (Å²) in [7, 11) is 1.62. The Balaban J connectivity index is 1.40. The van der Waals surface area contributed by atoms with E-state index in [4.69, 9.17) is 9.26 Å². The molecule has 0 radical (unpaired) electrons. The number of amides is 2. The van der Waals surface area contributed by atoms with Gasteiger partial charge in [-0.1, -0.05) is 62.3 Å². The lowest BCUT2D eigenvalue weighted by atomic mass is 9.87. The number of rotatable bonds is 9. The highest BCUT2D eigenvalue weighted by molar-refractivity contribution is 5.89. The van der Waals surface area contributed by atoms with Crippen LogP contribution in [0.2, 0.25) is 0 Å². The molecule has 174 valence electrons. The molecule has 0 atom stereocenters. The molecule has 2 N–H and O–H groups in total. The molecule has 0 aliphatic heterocycles. The molecular formula is C25H30N4O4. The van der Waals surface area contributed by atoms with Crippen LogP contribution >= 0.6 is 0 Å². The van der Waals surface area contributed by atoms with Crippen LogP contribution in [0, 0.1) is 0 Å². The zero-order chi connectivity index (χ0) is 23.8. The molecule has 1 heterocycles. The largest absolute Gasteiger partial charge is 0.497 e. The van der Waals surface area contributed by atoms with Gasteiger partial charge in [0.1, 0.15) is 5.75 Å². The molecule has 0 spiro atoms. The first-order valence-electron chi connectivity index (χ1n) is 10.9. The number of ether oxygens (including phenoxy) is 1. The van der Waals surface area contributed by atoms with Crippen LogP contribution in [-0.2, 0) is 16.6 Å². The van der Waals surface area contributed by atoms with Gasteiger partial charge in [0.2, 0.25) is 11.7 Å². The van der Waals surface area contributed by atoms with Crippen molar-refractivity contribution in [3.8, 4) is 17.1 Å². The molecule has 0 saturated carbocycles. The van der Waals surface area contributed by atoms with Crippen molar-refractivity contribution in [3.05, 3.63) is 65.5 Å². The van der Waals surface area contributed by atoms with E-state index in [1.165, 1.54) is 5.56 Å². The van der Waals surface area contributed by atoms with Crippen molar-refractivity contribution in [1.82, 2.24) is 20.8 Å². The molecule has 0 unspecified atom stereocenters. The Morgan fingerprint density at radius 1 is 0.970 bits per heavy atom. The quantitative estimate of drug-likeness (QED) is 0.483. The second-order valence-corrected chi connectivity index (χ2v) is 8.70. The van der Waals surface area contributed by atoms with E-state index in [2.05, 4.69) is 41.5 Å². The molecule has 3 rings (SSSR count). The van der Waals surface area contributed by atoms with E-state index in [0.29, 0.717) is 25.2 Å². The molecular weight excluding hydrogens is 420 g/mol. The van der Waals surface area contributed by atoms with Crippen molar-refractivity contribution in [3.63, 3.8) is 0 Å². The van der Waals surface area contributed by atoms with Crippen molar-refractivity contribution < 1.29 is 18.8 Å². The SMILES string of the molecule is COc1ccc(CCC(=O)NCCNC(=O)c2nc(-c3ccc(C(C)(C)C)cc3)no2)cc1. The first-order valence-corrected chi connectivity index (χ1v) is 10.9. The maximum atomic E-state index is 12.3. The number of hydrogen-bond donors (Lipinski definition) is 2. The molecule has 1 aromatic heterocycles. The number of nitrogens with zero attached hydrogens (tertiary/aromatic N) is 2. The lowest BCUT2D eigenvalue weighted by Gasteiger charge is -2.18. The molecule has 8 heteroatoms. The predicted molar refractivity (Wildman–Crippen MR) is 125 cm³/mol. The number of benzene rings is 2. The van der Waals surface area contributed by atoms with E-state index in [0.717, 1.165) is 16.9 Å². The molecule has 0 fully saturated rings. The number of aromatic nitrogens is 2. The van der Waals surface area contributed by atoms with Crippen LogP contribution in [0.3, 0.4) is 0 Å². The Morgan fingerprint density at radius 2 is 1.64 bits per heavy atom. The van der Waals surface area contributed by atoms with Crippen LogP contribution in [0.4, 0.5) is 0 Å². The predicted octanol–water partition coefficient (Wildman–Crippen LogP) is 3.52. The molecule has 0 aliphatic carbocycles. The van der Waals surface area contributed by atoms with Gasteiger partial charge in [0, 0.05) is 25.1 Å². The van der Waals surface area contributed by atoms with Gasteiger partial charge in [-0.05, 0) is 35.1 Å². The van der Waals surface area contributed by atoms with E-state index < -0.39 is 5.91 Å². The van der Waals surface area contributed by atoms with Gasteiger partial charge in [-0.15, -0.1) is 0 Å². The minimum Gasteiger partial charge on any atom is -0.497 e. The topological polar surface area (TPSA) is 106 Å². The Hall–Kier alpha value is -3.68. The van der Waals surface area contributed by atoms with E-state index >= 15 is 0 Å². The van der Waals surface area contributed by atoms with Gasteiger partial charge < -0.3 is 19.9 Å². The summed E-state index contributed by atoms with van der Waals surface area (Å²) >= 11 is 0. The van der Waals surface area contributed by atoms with E-state index in [1.54, 1.807) is 7.11 Å². The average Bonchev–Trinajstić information content (AvgIpc) is 3.31. The van der Waals surface area contributed by atoms with Gasteiger partial charge in [-0.25, -0.2) is 0 Å². The van der Waals surface area contributed by atoms with Gasteiger partial charge >= 0.3 is 11.8 Å². The summed E-state index contributed by atoms with van der Waals surface area (Å²) in [5, 5.41) is 9.35. The van der Waals surface area contributed by atoms with Crippen LogP contribution in [0.1, 0.15) is 49.0 Å². The van der Waals surface area contributed by atoms with E-state index in [9.17, 15) is 9.59 Å². The normalized spacial score (nSPS) is 11.2. The number of carbonyl (C=O) groups is 2. The number of carbonyl (C=O) groups excluding carboxylic acids is 2. The van der Waals surface area contributed by atoms with Crippen molar-refractivity contribution >= 4 is 11.8 Å². The van der Waals surface area contributed by atoms with Crippen molar-refractivity contribution in [1.29, 1.82) is 0 Å². The van der Waals surface area contributed by atoms with Crippen LogP contribution in [0.5, 0.6) is 5.75 Å². The standard InChI is InChI=1S/C25H30N4O4/c1-25(2,3)19-10-8-18(9-11-19)22-28-24(33-29-22)23(31)27-16-15-26-21(30)14-7-17-5-12-20(32-4)13-6-17/h5-6,8-13H,7,14-16H2,1-4H3,(H,26,30)(H,27,31). The summed E-state index contributed by atoms with van der Waals surface area (Å²) in [5.41, 5.74) is 3.07. The Morgan fingerprint density at radius 3 is 2.27 bits per heavy atom. The maximum absolute atomic E-state index is 12.3. The van der Waals surface area contributed by atoms with E-state index in [-0.39, 0.29) is 23.8 Å². The summed E-state index contributed by atoms with van der Waals surface area (Å²) in [6, 6.07) is 15.5. The summed E-state index contributed by atoms with van der Waals surface area (Å²) in [6.45, 7) is 6.99. The maximum Gasteiger partial charge on any atom is 0.316 e. The second-order valence-electron chi connectivity index (χ2n) is 8.70. The highest BCUT2D eigenvalue weighted by Gasteiger charge is 2.17. The highest BCUT2D eigenvalue weighted by Crippen LogP contribution is 2.25. The third kappa shape index (κ3) is 6.90. The lowest BCUT2D eigenvalue weighted by molar-refractivity contribution is -0.121. The van der Waals surface area contributed by atoms with Gasteiger partial charge in [0.15, 0.2) is 0 Å². The van der Waals surface area contributed by atoms with Gasteiger partial charge in [-0.3, -0.25) is 9.59 Å². The lowest BCUT2D eigenvalue weighted by Crippen LogP contribution is -2.34. The van der Waals surface area contributed by atoms with Crippen LogP contribution in [-0.4, -0.2) is 42.2 Å². The zero-order valence-corrected chi connectivity index (χ0v) is 19.5. The van der Waals surface area contributed by atoms with Crippen LogP contribution in [0.25, 0.3) is 11.4 Å². The van der Waals surface area contributed by atoms with Crippen LogP contribution < -0.4 is 15.4 Å². The molecule has 0 bridgehead atoms. The fourth-order valence-corrected chi connectivity index (χ4v) is 3.14. The minimum atomic E-state index is -0.479. The number of methoxy groups -OCH3 is 1. The Labute approximate surface area is 193 Å². The molecule has 2 aromatic carbocycles. The minimum absolute atomic E-state index is 0.0475. The molecule has 3 aromatic rings. The summed E-state index contributed by atoms with van der Waals surface area (Å²) in [5.74, 6) is 0.459. The third-order valence-electron chi connectivity index (χ3n) is 5.16. The Kier molecular flexibility index (Phi) is 7.82. The van der Waals surface area contributed by atoms with Gasteiger partial charge in [0.25, 0.3) is 0 Å². The monoisotopic (exact) mass is 450 g/mol. The molecule has 0 saturated heterocycles. The fraction of sp³-hybridized carbons (Fsp3) is 0.360. The van der Waals surface area contributed by atoms with Crippen molar-refractivity contribution in [2.24, 2.45) is 0 Å². The number of nitrogens with one attached hydrogen (secondary N) is 2. The van der Waals surface area contributed by atoms with Crippen LogP contribution in [0.15, 0.2) is 53.1 Å². The van der Waals surface area contributed by atoms with Crippen molar-refractivity contribution in [2.45, 2.75) is 39.0 Å². The molecule has 8 nitrogen and oxygen atoms in total. The first-order chi connectivity index (χ1) is 15.8. The summed E-state index contributed by atoms with van der Waals surface area (Å²) < 4.78 is 10.2. The third-order valence-corrected chi connectivity index (χ3v) is 5.16. The number of aryl methyl sites for hydroxylation is 1. The van der Waals surface area contributed by atoms with Gasteiger partial charge in [-0.2, -0.15) is 4.98 Å². The van der Waals surface area contributed by atoms with Gasteiger partial charge in [0.05, 0.1) is 7.11 Å². The molecule has 2 amide bonds. The molecule has 33 heavy (non-hydrogen) atoms. The average molecular weight is 451 g/mol. The Bertz CT molecular complexity index is 1070. The highest BCUT2D eigenvalue weighted by atomic mass is 16.5. The first kappa shape index (κ1) is 24.0. The molecule has 0 aliphatic rings. The van der Waals surface area contributed by atoms with Crippen molar-refractivity contribution in [2.75, 3.05) is 20.2 Å². The smallest absolute Gasteiger partial charge is 0.316 e.